The van der Waals surface area contributed by atoms with Crippen LogP contribution in [0.2, 0.25) is 0 Å². The number of hydrogen-bond donors (Lipinski definition) is 1. The third kappa shape index (κ3) is 1.01. The first-order valence-corrected chi connectivity index (χ1v) is 3.82. The summed E-state index contributed by atoms with van der Waals surface area (Å²) >= 11 is 0. The van der Waals surface area contributed by atoms with Gasteiger partial charge in [0, 0.05) is 12.8 Å². The summed E-state index contributed by atoms with van der Waals surface area (Å²) in [7, 11) is 0. The molecule has 64 valence electrons. The van der Waals surface area contributed by atoms with Crippen molar-refractivity contribution in [2.75, 3.05) is 0 Å². The summed E-state index contributed by atoms with van der Waals surface area (Å²) in [5.41, 5.74) is 0.671. The first-order chi connectivity index (χ1) is 5.68. The maximum absolute atomic E-state index is 13.0. The minimum atomic E-state index is -0.619. The highest BCUT2D eigenvalue weighted by Crippen LogP contribution is 2.26. The fourth-order valence-corrected chi connectivity index (χ4v) is 1.62. The Balaban J connectivity index is 2.56. The molecule has 1 N–H and O–H groups in total. The second-order valence-corrected chi connectivity index (χ2v) is 3.05. The summed E-state index contributed by atoms with van der Waals surface area (Å²) in [6.07, 6.45) is -0.149. The standard InChI is InChI=1S/C9H8F2O/c10-8-1-2-9(11)7-4-5(12)3-6(7)8/h1-2,5,12H,3-4H2. The van der Waals surface area contributed by atoms with Gasteiger partial charge in [0.15, 0.2) is 0 Å². The monoisotopic (exact) mass is 170 g/mol. The van der Waals surface area contributed by atoms with Crippen LogP contribution >= 0.6 is 0 Å². The number of halogens is 2. The number of fused-ring (bicyclic) bond motifs is 1. The van der Waals surface area contributed by atoms with Crippen molar-refractivity contribution >= 4 is 0 Å². The molecule has 0 amide bonds. The molecular formula is C9H8F2O. The van der Waals surface area contributed by atoms with Crippen LogP contribution in [0.1, 0.15) is 11.1 Å². The van der Waals surface area contributed by atoms with Gasteiger partial charge in [0.1, 0.15) is 11.6 Å². The van der Waals surface area contributed by atoms with E-state index in [1.165, 1.54) is 0 Å². The third-order valence-corrected chi connectivity index (χ3v) is 2.20. The summed E-state index contributed by atoms with van der Waals surface area (Å²) in [5.74, 6) is -0.828. The lowest BCUT2D eigenvalue weighted by Gasteiger charge is -1.99. The van der Waals surface area contributed by atoms with Gasteiger partial charge in [-0.3, -0.25) is 0 Å². The zero-order valence-electron chi connectivity index (χ0n) is 6.35. The lowest BCUT2D eigenvalue weighted by Crippen LogP contribution is -2.04. The van der Waals surface area contributed by atoms with Crippen LogP contribution in [-0.2, 0) is 12.8 Å². The molecule has 0 bridgehead atoms. The molecule has 3 heteroatoms. The van der Waals surface area contributed by atoms with E-state index in [-0.39, 0.29) is 12.8 Å². The van der Waals surface area contributed by atoms with Crippen molar-refractivity contribution in [2.45, 2.75) is 18.9 Å². The first kappa shape index (κ1) is 7.68. The van der Waals surface area contributed by atoms with Gasteiger partial charge in [-0.25, -0.2) is 8.78 Å². The van der Waals surface area contributed by atoms with Crippen LogP contribution < -0.4 is 0 Å². The number of benzene rings is 1. The first-order valence-electron chi connectivity index (χ1n) is 3.82. The van der Waals surface area contributed by atoms with Gasteiger partial charge in [-0.05, 0) is 23.3 Å². The SMILES string of the molecule is OC1Cc2c(F)ccc(F)c2C1. The largest absolute Gasteiger partial charge is 0.392 e. The Morgan fingerprint density at radius 1 is 1.08 bits per heavy atom. The Hall–Kier alpha value is -0.960. The Bertz CT molecular complexity index is 292. The predicted molar refractivity (Wildman–Crippen MR) is 39.8 cm³/mol. The molecule has 0 unspecified atom stereocenters. The van der Waals surface area contributed by atoms with Crippen molar-refractivity contribution < 1.29 is 13.9 Å². The minimum absolute atomic E-state index is 0.235. The highest BCUT2D eigenvalue weighted by Gasteiger charge is 2.25. The van der Waals surface area contributed by atoms with E-state index in [9.17, 15) is 8.78 Å². The van der Waals surface area contributed by atoms with Gasteiger partial charge in [-0.15, -0.1) is 0 Å². The molecular weight excluding hydrogens is 162 g/mol. The van der Waals surface area contributed by atoms with Crippen molar-refractivity contribution in [1.29, 1.82) is 0 Å². The van der Waals surface area contributed by atoms with E-state index >= 15 is 0 Å². The zero-order chi connectivity index (χ0) is 8.72. The van der Waals surface area contributed by atoms with Crippen LogP contribution in [0.5, 0.6) is 0 Å². The van der Waals surface area contributed by atoms with Crippen LogP contribution in [0.25, 0.3) is 0 Å². The molecule has 0 atom stereocenters. The van der Waals surface area contributed by atoms with Crippen molar-refractivity contribution in [1.82, 2.24) is 0 Å². The van der Waals surface area contributed by atoms with E-state index in [1.54, 1.807) is 0 Å². The summed E-state index contributed by atoms with van der Waals surface area (Å²) in [6.45, 7) is 0. The van der Waals surface area contributed by atoms with Crippen molar-refractivity contribution in [3.05, 3.63) is 34.9 Å². The number of aliphatic hydroxyl groups is 1. The molecule has 1 aliphatic carbocycles. The Labute approximate surface area is 68.6 Å². The van der Waals surface area contributed by atoms with E-state index in [4.69, 9.17) is 5.11 Å². The molecule has 0 saturated heterocycles. The average molecular weight is 170 g/mol. The van der Waals surface area contributed by atoms with E-state index in [0.29, 0.717) is 11.1 Å². The van der Waals surface area contributed by atoms with Gasteiger partial charge in [-0.1, -0.05) is 0 Å². The number of rotatable bonds is 0. The predicted octanol–water partition coefficient (Wildman–Crippen LogP) is 1.42. The second kappa shape index (κ2) is 2.52. The molecule has 0 heterocycles. The van der Waals surface area contributed by atoms with Crippen molar-refractivity contribution in [3.63, 3.8) is 0 Å². The molecule has 1 aromatic carbocycles. The quantitative estimate of drug-likeness (QED) is 0.624. The fourth-order valence-electron chi connectivity index (χ4n) is 1.62. The molecule has 12 heavy (non-hydrogen) atoms. The van der Waals surface area contributed by atoms with E-state index in [1.807, 2.05) is 0 Å². The van der Waals surface area contributed by atoms with Gasteiger partial charge in [-0.2, -0.15) is 0 Å². The van der Waals surface area contributed by atoms with Crippen molar-refractivity contribution in [2.24, 2.45) is 0 Å². The summed E-state index contributed by atoms with van der Waals surface area (Å²) < 4.78 is 25.9. The Morgan fingerprint density at radius 3 is 1.92 bits per heavy atom. The fraction of sp³-hybridized carbons (Fsp3) is 0.333. The second-order valence-electron chi connectivity index (χ2n) is 3.05. The maximum atomic E-state index is 13.0. The lowest BCUT2D eigenvalue weighted by atomic mass is 10.1. The zero-order valence-corrected chi connectivity index (χ0v) is 6.35. The lowest BCUT2D eigenvalue weighted by molar-refractivity contribution is 0.186. The van der Waals surface area contributed by atoms with Crippen LogP contribution in [0.15, 0.2) is 12.1 Å². The highest BCUT2D eigenvalue weighted by atomic mass is 19.1. The van der Waals surface area contributed by atoms with Gasteiger partial charge < -0.3 is 5.11 Å². The number of hydrogen-bond acceptors (Lipinski definition) is 1. The highest BCUT2D eigenvalue weighted by molar-refractivity contribution is 5.35. The minimum Gasteiger partial charge on any atom is -0.392 e. The van der Waals surface area contributed by atoms with E-state index in [0.717, 1.165) is 12.1 Å². The van der Waals surface area contributed by atoms with Crippen LogP contribution in [-0.4, -0.2) is 11.2 Å². The average Bonchev–Trinajstić information content (AvgIpc) is 2.41. The Kier molecular flexibility index (Phi) is 1.61. The summed E-state index contributed by atoms with van der Waals surface area (Å²) in [6, 6.07) is 2.21. The molecule has 0 fully saturated rings. The van der Waals surface area contributed by atoms with Crippen LogP contribution in [0.3, 0.4) is 0 Å². The van der Waals surface area contributed by atoms with Crippen LogP contribution in [0.4, 0.5) is 8.78 Å². The summed E-state index contributed by atoms with van der Waals surface area (Å²) in [5, 5.41) is 9.17. The molecule has 0 spiro atoms. The molecule has 0 radical (unpaired) electrons. The van der Waals surface area contributed by atoms with Gasteiger partial charge in [0.05, 0.1) is 6.10 Å². The van der Waals surface area contributed by atoms with Gasteiger partial charge in [0.25, 0.3) is 0 Å². The molecule has 0 aliphatic heterocycles. The molecule has 0 aromatic heterocycles. The van der Waals surface area contributed by atoms with Crippen LogP contribution in [0, 0.1) is 11.6 Å². The van der Waals surface area contributed by atoms with Crippen molar-refractivity contribution in [3.8, 4) is 0 Å². The molecule has 1 nitrogen and oxygen atoms in total. The molecule has 2 rings (SSSR count). The smallest absolute Gasteiger partial charge is 0.126 e. The maximum Gasteiger partial charge on any atom is 0.126 e. The van der Waals surface area contributed by atoms with Gasteiger partial charge in [0.2, 0.25) is 0 Å². The Morgan fingerprint density at radius 2 is 1.50 bits per heavy atom. The summed E-state index contributed by atoms with van der Waals surface area (Å²) in [4.78, 5) is 0. The normalized spacial score (nSPS) is 16.6. The molecule has 0 saturated carbocycles. The van der Waals surface area contributed by atoms with E-state index < -0.39 is 17.7 Å². The topological polar surface area (TPSA) is 20.2 Å². The molecule has 1 aromatic rings. The van der Waals surface area contributed by atoms with E-state index in [2.05, 4.69) is 0 Å². The number of aliphatic hydroxyl groups excluding tert-OH is 1. The van der Waals surface area contributed by atoms with Gasteiger partial charge >= 0.3 is 0 Å². The third-order valence-electron chi connectivity index (χ3n) is 2.20. The molecule has 1 aliphatic rings.